The minimum absolute atomic E-state index is 1.14. The van der Waals surface area contributed by atoms with Crippen molar-refractivity contribution in [3.8, 4) is 0 Å². The monoisotopic (exact) mass is 206 g/mol. The Balaban J connectivity index is 2.85. The molecule has 38 valence electrons. The number of allylic oxidation sites excluding steroid dienone is 3. The van der Waals surface area contributed by atoms with E-state index >= 15 is 0 Å². The van der Waals surface area contributed by atoms with Crippen LogP contribution in [0.25, 0.3) is 0 Å². The van der Waals surface area contributed by atoms with Gasteiger partial charge in [-0.1, -0.05) is 12.2 Å². The van der Waals surface area contributed by atoms with Gasteiger partial charge in [-0.3, -0.25) is 0 Å². The van der Waals surface area contributed by atoms with E-state index in [2.05, 4.69) is 36.1 Å². The predicted molar refractivity (Wildman–Crippen MR) is 40.5 cm³/mol. The summed E-state index contributed by atoms with van der Waals surface area (Å²) in [6.07, 6.45) is 1.14. The molecule has 0 aromatic carbocycles. The lowest BCUT2D eigenvalue weighted by Gasteiger charge is -2.17. The van der Waals surface area contributed by atoms with Crippen LogP contribution in [-0.2, 0) is 0 Å². The van der Waals surface area contributed by atoms with Gasteiger partial charge in [-0.25, -0.2) is 0 Å². The first kappa shape index (κ1) is 5.35. The van der Waals surface area contributed by atoms with Crippen LogP contribution in [0.5, 0.6) is 0 Å². The Morgan fingerprint density at radius 3 is 2.29 bits per heavy atom. The minimum Gasteiger partial charge on any atom is -0.0945 e. The zero-order valence-corrected chi connectivity index (χ0v) is 6.45. The molecule has 0 radical (unpaired) electrons. The molecule has 0 aromatic rings. The summed E-state index contributed by atoms with van der Waals surface area (Å²) < 4.78 is 1.39. The molecule has 0 saturated carbocycles. The van der Waals surface area contributed by atoms with Gasteiger partial charge >= 0.3 is 0 Å². The molecule has 0 nitrogen and oxygen atoms in total. The Morgan fingerprint density at radius 2 is 2.29 bits per heavy atom. The first-order chi connectivity index (χ1) is 3.22. The van der Waals surface area contributed by atoms with Crippen molar-refractivity contribution in [2.24, 2.45) is 0 Å². The van der Waals surface area contributed by atoms with Crippen LogP contribution in [0.1, 0.15) is 13.3 Å². The average Bonchev–Trinajstić information content (AvgIpc) is 1.68. The minimum atomic E-state index is 1.14. The van der Waals surface area contributed by atoms with Crippen LogP contribution in [0.15, 0.2) is 21.3 Å². The largest absolute Gasteiger partial charge is 0.0945 e. The van der Waals surface area contributed by atoms with Gasteiger partial charge in [0, 0.05) is 3.58 Å². The lowest BCUT2D eigenvalue weighted by atomic mass is 9.96. The average molecular weight is 206 g/mol. The van der Waals surface area contributed by atoms with Gasteiger partial charge in [0.1, 0.15) is 0 Å². The molecule has 1 aliphatic carbocycles. The highest BCUT2D eigenvalue weighted by Crippen LogP contribution is 2.36. The topological polar surface area (TPSA) is 0 Å². The first-order valence-electron chi connectivity index (χ1n) is 2.25. The van der Waals surface area contributed by atoms with E-state index in [0.29, 0.717) is 0 Å². The van der Waals surface area contributed by atoms with Crippen LogP contribution in [0.2, 0.25) is 0 Å². The molecule has 1 heteroatoms. The molecular formula is C6H7I. The second kappa shape index (κ2) is 1.62. The van der Waals surface area contributed by atoms with Crippen molar-refractivity contribution in [1.29, 1.82) is 0 Å². The molecule has 0 N–H and O–H groups in total. The van der Waals surface area contributed by atoms with E-state index < -0.39 is 0 Å². The molecular weight excluding hydrogens is 199 g/mol. The molecule has 0 atom stereocenters. The fourth-order valence-corrected chi connectivity index (χ4v) is 1.05. The molecule has 0 spiro atoms. The van der Waals surface area contributed by atoms with Gasteiger partial charge in [-0.15, -0.1) is 0 Å². The SMILES string of the molecule is C=C1CC(C)=C1I. The van der Waals surface area contributed by atoms with Gasteiger partial charge in [0.2, 0.25) is 0 Å². The Morgan fingerprint density at radius 1 is 1.71 bits per heavy atom. The quantitative estimate of drug-likeness (QED) is 0.534. The lowest BCUT2D eigenvalue weighted by molar-refractivity contribution is 1.06. The smallest absolute Gasteiger partial charge is 0.0152 e. The van der Waals surface area contributed by atoms with Gasteiger partial charge in [-0.05, 0) is 41.5 Å². The van der Waals surface area contributed by atoms with Crippen molar-refractivity contribution in [3.05, 3.63) is 21.3 Å². The van der Waals surface area contributed by atoms with E-state index in [0.717, 1.165) is 6.42 Å². The highest BCUT2D eigenvalue weighted by atomic mass is 127. The van der Waals surface area contributed by atoms with Crippen LogP contribution in [0.3, 0.4) is 0 Å². The lowest BCUT2D eigenvalue weighted by Crippen LogP contribution is -1.97. The predicted octanol–water partition coefficient (Wildman–Crippen LogP) is 2.66. The van der Waals surface area contributed by atoms with Gasteiger partial charge in [-0.2, -0.15) is 0 Å². The second-order valence-corrected chi connectivity index (χ2v) is 2.95. The van der Waals surface area contributed by atoms with Gasteiger partial charge < -0.3 is 0 Å². The number of rotatable bonds is 0. The molecule has 1 rings (SSSR count). The first-order valence-corrected chi connectivity index (χ1v) is 3.33. The molecule has 7 heavy (non-hydrogen) atoms. The van der Waals surface area contributed by atoms with Crippen molar-refractivity contribution in [1.82, 2.24) is 0 Å². The fourth-order valence-electron chi connectivity index (χ4n) is 0.670. The van der Waals surface area contributed by atoms with Crippen molar-refractivity contribution >= 4 is 22.6 Å². The van der Waals surface area contributed by atoms with Crippen LogP contribution in [-0.4, -0.2) is 0 Å². The third kappa shape index (κ3) is 0.738. The molecule has 0 aromatic heterocycles. The molecule has 0 aliphatic heterocycles. The van der Waals surface area contributed by atoms with Crippen molar-refractivity contribution in [2.75, 3.05) is 0 Å². The van der Waals surface area contributed by atoms with Crippen molar-refractivity contribution in [2.45, 2.75) is 13.3 Å². The molecule has 1 aliphatic rings. The summed E-state index contributed by atoms with van der Waals surface area (Å²) in [5, 5.41) is 0. The van der Waals surface area contributed by atoms with E-state index in [-0.39, 0.29) is 0 Å². The molecule has 0 fully saturated rings. The van der Waals surface area contributed by atoms with Crippen LogP contribution in [0, 0.1) is 0 Å². The third-order valence-electron chi connectivity index (χ3n) is 1.16. The zero-order chi connectivity index (χ0) is 5.44. The van der Waals surface area contributed by atoms with Gasteiger partial charge in [0.05, 0.1) is 0 Å². The maximum atomic E-state index is 3.83. The summed E-state index contributed by atoms with van der Waals surface area (Å²) >= 11 is 2.33. The summed E-state index contributed by atoms with van der Waals surface area (Å²) in [6, 6.07) is 0. The summed E-state index contributed by atoms with van der Waals surface area (Å²) in [6.45, 7) is 5.98. The molecule has 0 heterocycles. The van der Waals surface area contributed by atoms with Crippen LogP contribution < -0.4 is 0 Å². The molecule has 0 bridgehead atoms. The molecule has 0 saturated heterocycles. The van der Waals surface area contributed by atoms with Crippen LogP contribution in [0.4, 0.5) is 0 Å². The Labute approximate surface area is 57.4 Å². The fraction of sp³-hybridized carbons (Fsp3) is 0.333. The number of halogens is 1. The summed E-state index contributed by atoms with van der Waals surface area (Å²) in [7, 11) is 0. The summed E-state index contributed by atoms with van der Waals surface area (Å²) in [5.74, 6) is 0. The highest BCUT2D eigenvalue weighted by molar-refractivity contribution is 14.1. The van der Waals surface area contributed by atoms with Gasteiger partial charge in [0.25, 0.3) is 0 Å². The molecule has 0 amide bonds. The number of hydrogen-bond donors (Lipinski definition) is 0. The Bertz CT molecular complexity index is 142. The van der Waals surface area contributed by atoms with E-state index in [1.807, 2.05) is 0 Å². The van der Waals surface area contributed by atoms with Gasteiger partial charge in [0.15, 0.2) is 0 Å². The van der Waals surface area contributed by atoms with Crippen LogP contribution >= 0.6 is 22.6 Å². The third-order valence-corrected chi connectivity index (χ3v) is 2.85. The number of hydrogen-bond acceptors (Lipinski definition) is 0. The van der Waals surface area contributed by atoms with E-state index in [1.165, 1.54) is 14.7 Å². The maximum absolute atomic E-state index is 3.83. The van der Waals surface area contributed by atoms with E-state index in [9.17, 15) is 0 Å². The second-order valence-electron chi connectivity index (χ2n) is 1.87. The van der Waals surface area contributed by atoms with Crippen molar-refractivity contribution < 1.29 is 0 Å². The highest BCUT2D eigenvalue weighted by Gasteiger charge is 2.13. The van der Waals surface area contributed by atoms with E-state index in [4.69, 9.17) is 0 Å². The Kier molecular flexibility index (Phi) is 1.24. The summed E-state index contributed by atoms with van der Waals surface area (Å²) in [4.78, 5) is 0. The maximum Gasteiger partial charge on any atom is 0.0152 e. The molecule has 0 unspecified atom stereocenters. The summed E-state index contributed by atoms with van der Waals surface area (Å²) in [5.41, 5.74) is 2.80. The normalized spacial score (nSPS) is 20.0. The van der Waals surface area contributed by atoms with Crippen molar-refractivity contribution in [3.63, 3.8) is 0 Å². The van der Waals surface area contributed by atoms with E-state index in [1.54, 1.807) is 0 Å². The standard InChI is InChI=1S/C6H7I/c1-4-3-5(2)6(4)7/h1,3H2,2H3. The zero-order valence-electron chi connectivity index (χ0n) is 4.29. The Hall–Kier alpha value is 0.210.